The summed E-state index contributed by atoms with van der Waals surface area (Å²) in [5.74, 6) is -0.186. The van der Waals surface area contributed by atoms with Crippen molar-refractivity contribution >= 4 is 11.8 Å². The molecule has 0 aromatic heterocycles. The Morgan fingerprint density at radius 2 is 1.68 bits per heavy atom. The highest BCUT2D eigenvalue weighted by atomic mass is 19.4. The van der Waals surface area contributed by atoms with Crippen LogP contribution in [-0.4, -0.2) is 74.1 Å². The Hall–Kier alpha value is -2.98. The van der Waals surface area contributed by atoms with Crippen LogP contribution in [-0.2, 0) is 15.7 Å². The van der Waals surface area contributed by atoms with Crippen molar-refractivity contribution in [2.24, 2.45) is 5.92 Å². The van der Waals surface area contributed by atoms with Gasteiger partial charge in [-0.3, -0.25) is 9.59 Å². The maximum absolute atomic E-state index is 13.2. The molecule has 10 heteroatoms. The summed E-state index contributed by atoms with van der Waals surface area (Å²) in [5.41, 5.74) is 0.329. The Balaban J connectivity index is 1.29. The van der Waals surface area contributed by atoms with E-state index in [2.05, 4.69) is 10.2 Å². The Kier molecular flexibility index (Phi) is 9.04. The van der Waals surface area contributed by atoms with E-state index in [0.29, 0.717) is 44.6 Å². The van der Waals surface area contributed by atoms with Crippen molar-refractivity contribution in [3.8, 4) is 0 Å². The molecule has 3 atom stereocenters. The van der Waals surface area contributed by atoms with Crippen molar-refractivity contribution in [2.45, 2.75) is 37.4 Å². The summed E-state index contributed by atoms with van der Waals surface area (Å²) in [4.78, 5) is 29.8. The van der Waals surface area contributed by atoms with Gasteiger partial charge in [-0.1, -0.05) is 12.1 Å². The van der Waals surface area contributed by atoms with Crippen LogP contribution in [0.1, 0.15) is 46.7 Å². The molecule has 2 amide bonds. The number of carbonyl (C=O) groups is 2. The third-order valence-corrected chi connectivity index (χ3v) is 7.26. The number of amides is 2. The Morgan fingerprint density at radius 3 is 2.32 bits per heavy atom. The van der Waals surface area contributed by atoms with Crippen LogP contribution >= 0.6 is 0 Å². The minimum absolute atomic E-state index is 0.0242. The van der Waals surface area contributed by atoms with Crippen molar-refractivity contribution in [1.29, 1.82) is 0 Å². The molecule has 0 bridgehead atoms. The van der Waals surface area contributed by atoms with E-state index in [9.17, 15) is 27.2 Å². The summed E-state index contributed by atoms with van der Waals surface area (Å²) in [7, 11) is 1.97. The van der Waals surface area contributed by atoms with Crippen LogP contribution in [0.25, 0.3) is 0 Å². The Bertz CT molecular complexity index is 1080. The number of hydrogen-bond donors (Lipinski definition) is 1. The molecule has 2 fully saturated rings. The van der Waals surface area contributed by atoms with E-state index in [1.807, 2.05) is 19.2 Å². The van der Waals surface area contributed by atoms with E-state index in [4.69, 9.17) is 4.74 Å². The molecule has 1 aliphatic heterocycles. The van der Waals surface area contributed by atoms with Crippen molar-refractivity contribution < 1.29 is 31.9 Å². The zero-order valence-corrected chi connectivity index (χ0v) is 21.3. The second-order valence-electron chi connectivity index (χ2n) is 10.1. The second-order valence-corrected chi connectivity index (χ2v) is 10.1. The molecule has 1 heterocycles. The van der Waals surface area contributed by atoms with Crippen LogP contribution in [0.3, 0.4) is 0 Å². The van der Waals surface area contributed by atoms with Crippen molar-refractivity contribution in [3.05, 3.63) is 71.0 Å². The third-order valence-electron chi connectivity index (χ3n) is 7.26. The molecule has 0 spiro atoms. The van der Waals surface area contributed by atoms with Gasteiger partial charge in [0, 0.05) is 38.3 Å². The van der Waals surface area contributed by atoms with Gasteiger partial charge in [0.2, 0.25) is 5.91 Å². The summed E-state index contributed by atoms with van der Waals surface area (Å²) in [6.45, 7) is 2.85. The first-order valence-corrected chi connectivity index (χ1v) is 12.9. The summed E-state index contributed by atoms with van der Waals surface area (Å²) >= 11 is 0. The minimum Gasteiger partial charge on any atom is -0.379 e. The van der Waals surface area contributed by atoms with Gasteiger partial charge < -0.3 is 19.9 Å². The molecular formula is C28H33F4N3O3. The minimum atomic E-state index is -4.50. The monoisotopic (exact) mass is 535 g/mol. The largest absolute Gasteiger partial charge is 0.416 e. The second kappa shape index (κ2) is 12.3. The highest BCUT2D eigenvalue weighted by molar-refractivity contribution is 5.97. The van der Waals surface area contributed by atoms with Gasteiger partial charge in [-0.15, -0.1) is 0 Å². The number of piperazine rings is 1. The molecule has 4 rings (SSSR count). The fourth-order valence-corrected chi connectivity index (χ4v) is 4.81. The summed E-state index contributed by atoms with van der Waals surface area (Å²) < 4.78 is 57.5. The molecule has 1 saturated carbocycles. The number of halogens is 4. The molecule has 1 unspecified atom stereocenters. The van der Waals surface area contributed by atoms with E-state index in [1.54, 1.807) is 4.90 Å². The maximum atomic E-state index is 13.2. The fraction of sp³-hybridized carbons (Fsp3) is 0.500. The number of ether oxygens (including phenoxy) is 1. The lowest BCUT2D eigenvalue weighted by Crippen LogP contribution is -2.55. The van der Waals surface area contributed by atoms with Gasteiger partial charge in [0.05, 0.1) is 12.2 Å². The van der Waals surface area contributed by atoms with Gasteiger partial charge in [0.25, 0.3) is 5.91 Å². The number of alkyl halides is 3. The van der Waals surface area contributed by atoms with E-state index in [1.165, 1.54) is 12.1 Å². The summed E-state index contributed by atoms with van der Waals surface area (Å²) in [6, 6.07) is 9.55. The average Bonchev–Trinajstić information content (AvgIpc) is 3.67. The zero-order valence-electron chi connectivity index (χ0n) is 21.3. The summed E-state index contributed by atoms with van der Waals surface area (Å²) in [5, 5.41) is 2.66. The SMILES string of the molecule is CN1CCN(C(=O)[C@H](COCCCC2C[C@H]2c2ccc(F)cc2)NC(=O)c2ccc(C(F)(F)F)cc2)CC1. The number of carbonyl (C=O) groups excluding carboxylic acids is 2. The molecule has 2 aliphatic rings. The number of rotatable bonds is 10. The molecule has 1 N–H and O–H groups in total. The first-order chi connectivity index (χ1) is 18.1. The first-order valence-electron chi connectivity index (χ1n) is 12.9. The molecule has 206 valence electrons. The molecule has 1 saturated heterocycles. The predicted molar refractivity (Wildman–Crippen MR) is 134 cm³/mol. The topological polar surface area (TPSA) is 61.9 Å². The standard InChI is InChI=1S/C28H33F4N3O3/c1-34-12-14-35(15-13-34)27(37)25(33-26(36)20-4-8-22(9-5-20)28(30,31)32)18-38-16-2-3-21-17-24(21)19-6-10-23(29)11-7-19/h4-11,21,24-25H,2-3,12-18H2,1H3,(H,33,36)/t21?,24-,25-/m0/s1. The van der Waals surface area contributed by atoms with Crippen LogP contribution in [0.2, 0.25) is 0 Å². The smallest absolute Gasteiger partial charge is 0.379 e. The number of nitrogens with one attached hydrogen (secondary N) is 1. The molecule has 2 aromatic carbocycles. The maximum Gasteiger partial charge on any atom is 0.416 e. The van der Waals surface area contributed by atoms with Gasteiger partial charge in [0.1, 0.15) is 11.9 Å². The number of hydrogen-bond acceptors (Lipinski definition) is 4. The molecule has 6 nitrogen and oxygen atoms in total. The van der Waals surface area contributed by atoms with Gasteiger partial charge in [0.15, 0.2) is 0 Å². The van der Waals surface area contributed by atoms with E-state index >= 15 is 0 Å². The van der Waals surface area contributed by atoms with Crippen LogP contribution in [0.4, 0.5) is 17.6 Å². The van der Waals surface area contributed by atoms with E-state index in [-0.39, 0.29) is 23.9 Å². The molecule has 38 heavy (non-hydrogen) atoms. The Morgan fingerprint density at radius 1 is 1.03 bits per heavy atom. The van der Waals surface area contributed by atoms with Gasteiger partial charge in [-0.2, -0.15) is 13.2 Å². The molecule has 2 aromatic rings. The van der Waals surface area contributed by atoms with Crippen LogP contribution in [0, 0.1) is 11.7 Å². The van der Waals surface area contributed by atoms with Gasteiger partial charge in [-0.05, 0) is 80.1 Å². The fourth-order valence-electron chi connectivity index (χ4n) is 4.81. The van der Waals surface area contributed by atoms with Gasteiger partial charge in [-0.25, -0.2) is 4.39 Å². The van der Waals surface area contributed by atoms with E-state index in [0.717, 1.165) is 49.1 Å². The van der Waals surface area contributed by atoms with Gasteiger partial charge >= 0.3 is 6.18 Å². The third kappa shape index (κ3) is 7.54. The molecule has 1 aliphatic carbocycles. The lowest BCUT2D eigenvalue weighted by molar-refractivity contribution is -0.137. The normalized spacial score (nSPS) is 20.7. The van der Waals surface area contributed by atoms with Crippen molar-refractivity contribution in [3.63, 3.8) is 0 Å². The number of likely N-dealkylation sites (N-methyl/N-ethyl adjacent to an activating group) is 1. The first kappa shape index (κ1) is 28.0. The van der Waals surface area contributed by atoms with Crippen molar-refractivity contribution in [2.75, 3.05) is 46.4 Å². The van der Waals surface area contributed by atoms with Crippen molar-refractivity contribution in [1.82, 2.24) is 15.1 Å². The highest BCUT2D eigenvalue weighted by Crippen LogP contribution is 2.50. The number of nitrogens with zero attached hydrogens (tertiary/aromatic N) is 2. The Labute approximate surface area is 219 Å². The average molecular weight is 536 g/mol. The number of benzene rings is 2. The molecule has 0 radical (unpaired) electrons. The summed E-state index contributed by atoms with van der Waals surface area (Å²) in [6.07, 6.45) is -1.72. The zero-order chi connectivity index (χ0) is 27.3. The van der Waals surface area contributed by atoms with Crippen LogP contribution in [0.5, 0.6) is 0 Å². The quantitative estimate of drug-likeness (QED) is 0.364. The highest BCUT2D eigenvalue weighted by Gasteiger charge is 2.37. The molecular weight excluding hydrogens is 502 g/mol. The van der Waals surface area contributed by atoms with Crippen LogP contribution in [0.15, 0.2) is 48.5 Å². The van der Waals surface area contributed by atoms with E-state index < -0.39 is 23.7 Å². The predicted octanol–water partition coefficient (Wildman–Crippen LogP) is 4.32. The lowest BCUT2D eigenvalue weighted by atomic mass is 10.1. The lowest BCUT2D eigenvalue weighted by Gasteiger charge is -2.34. The van der Waals surface area contributed by atoms with Crippen LogP contribution < -0.4 is 5.32 Å².